The summed E-state index contributed by atoms with van der Waals surface area (Å²) in [5.41, 5.74) is 0. The van der Waals surface area contributed by atoms with Crippen LogP contribution in [0.1, 0.15) is 26.7 Å². The molecule has 1 unspecified atom stereocenters. The van der Waals surface area contributed by atoms with Crippen molar-refractivity contribution in [3.05, 3.63) is 30.3 Å². The van der Waals surface area contributed by atoms with Crippen LogP contribution in [0.25, 0.3) is 0 Å². The van der Waals surface area contributed by atoms with Crippen molar-refractivity contribution in [2.24, 2.45) is 0 Å². The van der Waals surface area contributed by atoms with Crippen LogP contribution in [-0.2, 0) is 9.59 Å². The van der Waals surface area contributed by atoms with Crippen LogP contribution in [0.3, 0.4) is 0 Å². The average Bonchev–Trinajstić information content (AvgIpc) is 2.44. The standard InChI is InChI=1S/C15H21NO3S/c1-3-10-16(11-14(17)18)15(19)13(4-2)20-12-8-6-5-7-9-12/h5-9,13H,3-4,10-11H2,1-2H3,(H,17,18). The Balaban J connectivity index is 2.75. The van der Waals surface area contributed by atoms with E-state index in [9.17, 15) is 9.59 Å². The molecule has 1 aromatic rings. The Morgan fingerprint density at radius 3 is 2.40 bits per heavy atom. The summed E-state index contributed by atoms with van der Waals surface area (Å²) in [6.45, 7) is 4.15. The molecule has 1 atom stereocenters. The largest absolute Gasteiger partial charge is 0.480 e. The van der Waals surface area contributed by atoms with Crippen LogP contribution in [0.15, 0.2) is 35.2 Å². The third-order valence-corrected chi connectivity index (χ3v) is 4.16. The van der Waals surface area contributed by atoms with Gasteiger partial charge < -0.3 is 10.0 Å². The molecule has 0 aromatic heterocycles. The molecule has 1 aromatic carbocycles. The molecule has 0 radical (unpaired) electrons. The fourth-order valence-corrected chi connectivity index (χ4v) is 2.94. The van der Waals surface area contributed by atoms with Crippen LogP contribution in [0.2, 0.25) is 0 Å². The van der Waals surface area contributed by atoms with Crippen molar-refractivity contribution in [2.45, 2.75) is 36.8 Å². The third-order valence-electron chi connectivity index (χ3n) is 2.80. The van der Waals surface area contributed by atoms with Gasteiger partial charge in [0.05, 0.1) is 5.25 Å². The minimum atomic E-state index is -0.966. The summed E-state index contributed by atoms with van der Waals surface area (Å²) in [5, 5.41) is 8.67. The second-order valence-electron chi connectivity index (χ2n) is 4.48. The molecule has 0 heterocycles. The van der Waals surface area contributed by atoms with Gasteiger partial charge in [-0.15, -0.1) is 11.8 Å². The minimum Gasteiger partial charge on any atom is -0.480 e. The van der Waals surface area contributed by atoms with Crippen molar-refractivity contribution in [1.82, 2.24) is 4.90 Å². The SMILES string of the molecule is CCCN(CC(=O)O)C(=O)C(CC)Sc1ccccc1. The van der Waals surface area contributed by atoms with E-state index in [4.69, 9.17) is 5.11 Å². The first-order valence-corrected chi connectivity index (χ1v) is 7.68. The smallest absolute Gasteiger partial charge is 0.323 e. The molecule has 1 amide bonds. The average molecular weight is 295 g/mol. The number of hydrogen-bond donors (Lipinski definition) is 1. The molecule has 0 aliphatic rings. The lowest BCUT2D eigenvalue weighted by atomic mass is 10.2. The summed E-state index contributed by atoms with van der Waals surface area (Å²) in [6, 6.07) is 9.71. The summed E-state index contributed by atoms with van der Waals surface area (Å²) >= 11 is 1.49. The first-order valence-electron chi connectivity index (χ1n) is 6.80. The highest BCUT2D eigenvalue weighted by Crippen LogP contribution is 2.26. The first kappa shape index (κ1) is 16.6. The van der Waals surface area contributed by atoms with Crippen LogP contribution in [0, 0.1) is 0 Å². The lowest BCUT2D eigenvalue weighted by Gasteiger charge is -2.24. The van der Waals surface area contributed by atoms with Crippen LogP contribution in [0.4, 0.5) is 0 Å². The summed E-state index contributed by atoms with van der Waals surface area (Å²) in [4.78, 5) is 25.8. The molecule has 0 aliphatic heterocycles. The number of carbonyl (C=O) groups is 2. The van der Waals surface area contributed by atoms with Crippen molar-refractivity contribution in [3.63, 3.8) is 0 Å². The van der Waals surface area contributed by atoms with Crippen molar-refractivity contribution in [1.29, 1.82) is 0 Å². The van der Waals surface area contributed by atoms with E-state index in [1.165, 1.54) is 16.7 Å². The molecular weight excluding hydrogens is 274 g/mol. The number of benzene rings is 1. The van der Waals surface area contributed by atoms with Gasteiger partial charge in [0.25, 0.3) is 0 Å². The zero-order valence-corrected chi connectivity index (χ0v) is 12.7. The van der Waals surface area contributed by atoms with Gasteiger partial charge in [-0.1, -0.05) is 32.0 Å². The predicted molar refractivity (Wildman–Crippen MR) is 80.9 cm³/mol. The molecule has 0 bridgehead atoms. The Kier molecular flexibility index (Phi) is 7.15. The molecule has 5 heteroatoms. The van der Waals surface area contributed by atoms with E-state index in [1.807, 2.05) is 44.2 Å². The molecule has 0 aliphatic carbocycles. The van der Waals surface area contributed by atoms with Gasteiger partial charge in [-0.3, -0.25) is 9.59 Å². The summed E-state index contributed by atoms with van der Waals surface area (Å²) in [5.74, 6) is -1.06. The Morgan fingerprint density at radius 2 is 1.90 bits per heavy atom. The van der Waals surface area contributed by atoms with Gasteiger partial charge in [-0.25, -0.2) is 0 Å². The number of carbonyl (C=O) groups excluding carboxylic acids is 1. The Hall–Kier alpha value is -1.49. The zero-order valence-electron chi connectivity index (χ0n) is 11.9. The molecule has 20 heavy (non-hydrogen) atoms. The molecule has 0 spiro atoms. The van der Waals surface area contributed by atoms with E-state index >= 15 is 0 Å². The second kappa shape index (κ2) is 8.64. The molecule has 1 N–H and O–H groups in total. The van der Waals surface area contributed by atoms with Gasteiger partial charge in [0.1, 0.15) is 6.54 Å². The summed E-state index contributed by atoms with van der Waals surface area (Å²) in [6.07, 6.45) is 1.43. The Labute approximate surface area is 124 Å². The second-order valence-corrected chi connectivity index (χ2v) is 5.76. The van der Waals surface area contributed by atoms with Crippen molar-refractivity contribution in [3.8, 4) is 0 Å². The highest BCUT2D eigenvalue weighted by Gasteiger charge is 2.24. The number of nitrogens with zero attached hydrogens (tertiary/aromatic N) is 1. The van der Waals surface area contributed by atoms with Gasteiger partial charge in [0.15, 0.2) is 0 Å². The normalized spacial score (nSPS) is 11.9. The molecular formula is C15H21NO3S. The third kappa shape index (κ3) is 5.25. The van der Waals surface area contributed by atoms with E-state index in [2.05, 4.69) is 0 Å². The number of rotatable bonds is 8. The van der Waals surface area contributed by atoms with E-state index < -0.39 is 5.97 Å². The fraction of sp³-hybridized carbons (Fsp3) is 0.467. The molecule has 1 rings (SSSR count). The topological polar surface area (TPSA) is 57.6 Å². The van der Waals surface area contributed by atoms with Gasteiger partial charge in [-0.2, -0.15) is 0 Å². The maximum Gasteiger partial charge on any atom is 0.323 e. The quantitative estimate of drug-likeness (QED) is 0.749. The lowest BCUT2D eigenvalue weighted by Crippen LogP contribution is -2.41. The number of amides is 1. The maximum absolute atomic E-state index is 12.4. The van der Waals surface area contributed by atoms with Gasteiger partial charge in [0, 0.05) is 11.4 Å². The Morgan fingerprint density at radius 1 is 1.25 bits per heavy atom. The number of hydrogen-bond acceptors (Lipinski definition) is 3. The molecule has 0 saturated carbocycles. The van der Waals surface area contributed by atoms with Crippen LogP contribution in [-0.4, -0.2) is 40.2 Å². The van der Waals surface area contributed by atoms with Crippen molar-refractivity contribution < 1.29 is 14.7 Å². The Bertz CT molecular complexity index is 436. The first-order chi connectivity index (χ1) is 9.58. The van der Waals surface area contributed by atoms with Gasteiger partial charge in [-0.05, 0) is 25.0 Å². The maximum atomic E-state index is 12.4. The highest BCUT2D eigenvalue weighted by atomic mass is 32.2. The monoisotopic (exact) mass is 295 g/mol. The van der Waals surface area contributed by atoms with Gasteiger partial charge in [0.2, 0.25) is 5.91 Å². The van der Waals surface area contributed by atoms with Crippen molar-refractivity contribution >= 4 is 23.6 Å². The van der Waals surface area contributed by atoms with E-state index in [1.54, 1.807) is 0 Å². The van der Waals surface area contributed by atoms with E-state index in [0.717, 1.165) is 11.3 Å². The van der Waals surface area contributed by atoms with E-state index in [0.29, 0.717) is 13.0 Å². The van der Waals surface area contributed by atoms with Gasteiger partial charge >= 0.3 is 5.97 Å². The minimum absolute atomic E-state index is 0.0920. The number of aliphatic carboxylic acids is 1. The van der Waals surface area contributed by atoms with Crippen LogP contribution in [0.5, 0.6) is 0 Å². The van der Waals surface area contributed by atoms with Crippen LogP contribution < -0.4 is 0 Å². The number of carboxylic acid groups (broad SMARTS) is 1. The number of thioether (sulfide) groups is 1. The fourth-order valence-electron chi connectivity index (χ4n) is 1.88. The molecule has 0 fully saturated rings. The van der Waals surface area contributed by atoms with E-state index in [-0.39, 0.29) is 17.7 Å². The number of carboxylic acids is 1. The predicted octanol–water partition coefficient (Wildman–Crippen LogP) is 2.88. The zero-order chi connectivity index (χ0) is 15.0. The van der Waals surface area contributed by atoms with Crippen molar-refractivity contribution in [2.75, 3.05) is 13.1 Å². The summed E-state index contributed by atoms with van der Waals surface area (Å²) < 4.78 is 0. The molecule has 4 nitrogen and oxygen atoms in total. The molecule has 110 valence electrons. The lowest BCUT2D eigenvalue weighted by molar-refractivity contribution is -0.144. The highest BCUT2D eigenvalue weighted by molar-refractivity contribution is 8.00. The molecule has 0 saturated heterocycles. The summed E-state index contributed by atoms with van der Waals surface area (Å²) in [7, 11) is 0. The van der Waals surface area contributed by atoms with Crippen LogP contribution >= 0.6 is 11.8 Å².